The number of primary sulfonamides is 1. The number of aryl methyl sites for hydroxylation is 1. The molecule has 1 rings (SSSR count). The van der Waals surface area contributed by atoms with Crippen molar-refractivity contribution < 1.29 is 17.9 Å². The maximum atomic E-state index is 11.6. The van der Waals surface area contributed by atoms with E-state index in [0.29, 0.717) is 17.9 Å². The molecule has 0 bridgehead atoms. The second-order valence-electron chi connectivity index (χ2n) is 5.57. The fourth-order valence-corrected chi connectivity index (χ4v) is 2.90. The molecule has 0 heterocycles. The standard InChI is InChI=1S/C15H25NO4S/c1-10(2)13-9-15(21(16,17)18)11(3)8-14(13)20-12(4)6-7-19-5/h8-10,12H,6-7H2,1-5H3,(H2,16,17,18). The number of sulfonamides is 1. The normalized spacial score (nSPS) is 13.5. The van der Waals surface area contributed by atoms with Gasteiger partial charge in [0.15, 0.2) is 0 Å². The fraction of sp³-hybridized carbons (Fsp3) is 0.600. The summed E-state index contributed by atoms with van der Waals surface area (Å²) in [7, 11) is -2.07. The fourth-order valence-electron chi connectivity index (χ4n) is 2.10. The van der Waals surface area contributed by atoms with E-state index >= 15 is 0 Å². The van der Waals surface area contributed by atoms with Crippen LogP contribution < -0.4 is 9.88 Å². The van der Waals surface area contributed by atoms with Crippen LogP contribution in [0, 0.1) is 6.92 Å². The first kappa shape index (κ1) is 17.9. The number of rotatable bonds is 7. The summed E-state index contributed by atoms with van der Waals surface area (Å²) in [5.74, 6) is 0.842. The molecule has 0 saturated heterocycles. The number of hydrogen-bond acceptors (Lipinski definition) is 4. The molecule has 0 spiro atoms. The van der Waals surface area contributed by atoms with E-state index in [4.69, 9.17) is 14.6 Å². The van der Waals surface area contributed by atoms with E-state index in [1.165, 1.54) is 0 Å². The Kier molecular flexibility index (Phi) is 6.19. The van der Waals surface area contributed by atoms with Gasteiger partial charge in [0.25, 0.3) is 0 Å². The van der Waals surface area contributed by atoms with Gasteiger partial charge in [-0.3, -0.25) is 0 Å². The molecule has 2 N–H and O–H groups in total. The maximum absolute atomic E-state index is 11.6. The Bertz CT molecular complexity index is 582. The smallest absolute Gasteiger partial charge is 0.238 e. The van der Waals surface area contributed by atoms with E-state index in [1.54, 1.807) is 26.2 Å². The molecular weight excluding hydrogens is 290 g/mol. The second kappa shape index (κ2) is 7.24. The summed E-state index contributed by atoms with van der Waals surface area (Å²) in [6.45, 7) is 8.28. The van der Waals surface area contributed by atoms with Crippen LogP contribution in [0.2, 0.25) is 0 Å². The molecule has 120 valence electrons. The summed E-state index contributed by atoms with van der Waals surface area (Å²) in [4.78, 5) is 0.156. The highest BCUT2D eigenvalue weighted by molar-refractivity contribution is 7.89. The molecule has 0 aromatic heterocycles. The van der Waals surface area contributed by atoms with Gasteiger partial charge in [-0.1, -0.05) is 13.8 Å². The van der Waals surface area contributed by atoms with Crippen LogP contribution in [0.4, 0.5) is 0 Å². The van der Waals surface area contributed by atoms with Gasteiger partial charge in [-0.15, -0.1) is 0 Å². The number of hydrogen-bond donors (Lipinski definition) is 1. The van der Waals surface area contributed by atoms with Crippen molar-refractivity contribution in [3.8, 4) is 5.75 Å². The van der Waals surface area contributed by atoms with Crippen LogP contribution in [0.25, 0.3) is 0 Å². The summed E-state index contributed by atoms with van der Waals surface area (Å²) in [5.41, 5.74) is 1.43. The molecule has 5 nitrogen and oxygen atoms in total. The highest BCUT2D eigenvalue weighted by Crippen LogP contribution is 2.32. The number of methoxy groups -OCH3 is 1. The van der Waals surface area contributed by atoms with E-state index in [0.717, 1.165) is 12.0 Å². The summed E-state index contributed by atoms with van der Waals surface area (Å²) in [6, 6.07) is 3.37. The zero-order valence-corrected chi connectivity index (χ0v) is 14.2. The van der Waals surface area contributed by atoms with Crippen LogP contribution >= 0.6 is 0 Å². The van der Waals surface area contributed by atoms with Crippen molar-refractivity contribution >= 4 is 10.0 Å². The van der Waals surface area contributed by atoms with Crippen LogP contribution in [-0.2, 0) is 14.8 Å². The minimum Gasteiger partial charge on any atom is -0.490 e. The minimum atomic E-state index is -3.72. The van der Waals surface area contributed by atoms with Crippen molar-refractivity contribution in [2.45, 2.75) is 51.0 Å². The van der Waals surface area contributed by atoms with Crippen LogP contribution in [0.5, 0.6) is 5.75 Å². The predicted molar refractivity (Wildman–Crippen MR) is 83.2 cm³/mol. The summed E-state index contributed by atoms with van der Waals surface area (Å²) < 4.78 is 34.2. The monoisotopic (exact) mass is 315 g/mol. The first-order chi connectivity index (χ1) is 9.66. The zero-order valence-electron chi connectivity index (χ0n) is 13.3. The molecule has 21 heavy (non-hydrogen) atoms. The molecule has 0 amide bonds. The van der Waals surface area contributed by atoms with Crippen molar-refractivity contribution in [1.82, 2.24) is 0 Å². The number of benzene rings is 1. The van der Waals surface area contributed by atoms with E-state index in [-0.39, 0.29) is 16.9 Å². The van der Waals surface area contributed by atoms with E-state index in [9.17, 15) is 8.42 Å². The predicted octanol–water partition coefficient (Wildman–Crippen LogP) is 2.57. The molecule has 1 unspecified atom stereocenters. The highest BCUT2D eigenvalue weighted by Gasteiger charge is 2.19. The Morgan fingerprint density at radius 1 is 1.24 bits per heavy atom. The molecule has 0 aliphatic carbocycles. The lowest BCUT2D eigenvalue weighted by Crippen LogP contribution is -2.17. The Morgan fingerprint density at radius 3 is 2.33 bits per heavy atom. The van der Waals surface area contributed by atoms with Crippen LogP contribution in [-0.4, -0.2) is 28.2 Å². The molecular formula is C15H25NO4S. The first-order valence-electron chi connectivity index (χ1n) is 6.99. The number of nitrogens with two attached hydrogens (primary N) is 1. The molecule has 0 saturated carbocycles. The second-order valence-corrected chi connectivity index (χ2v) is 7.10. The van der Waals surface area contributed by atoms with Crippen LogP contribution in [0.15, 0.2) is 17.0 Å². The van der Waals surface area contributed by atoms with E-state index < -0.39 is 10.0 Å². The minimum absolute atomic E-state index is 0.0119. The van der Waals surface area contributed by atoms with Gasteiger partial charge in [-0.25, -0.2) is 13.6 Å². The molecule has 1 aromatic rings. The van der Waals surface area contributed by atoms with Gasteiger partial charge >= 0.3 is 0 Å². The number of ether oxygens (including phenoxy) is 2. The average Bonchev–Trinajstić information content (AvgIpc) is 2.34. The van der Waals surface area contributed by atoms with Crippen LogP contribution in [0.1, 0.15) is 44.2 Å². The van der Waals surface area contributed by atoms with Crippen molar-refractivity contribution in [3.63, 3.8) is 0 Å². The third-order valence-corrected chi connectivity index (χ3v) is 4.35. The lowest BCUT2D eigenvalue weighted by Gasteiger charge is -2.20. The molecule has 0 fully saturated rings. The van der Waals surface area contributed by atoms with Gasteiger partial charge in [-0.05, 0) is 43.0 Å². The SMILES string of the molecule is COCCC(C)Oc1cc(C)c(S(N)(=O)=O)cc1C(C)C. The molecule has 1 atom stereocenters. The largest absolute Gasteiger partial charge is 0.490 e. The quantitative estimate of drug-likeness (QED) is 0.838. The Morgan fingerprint density at radius 2 is 1.86 bits per heavy atom. The molecule has 0 radical (unpaired) electrons. The molecule has 1 aromatic carbocycles. The highest BCUT2D eigenvalue weighted by atomic mass is 32.2. The molecule has 0 aliphatic rings. The van der Waals surface area contributed by atoms with Gasteiger partial charge in [0.2, 0.25) is 10.0 Å². The van der Waals surface area contributed by atoms with Crippen molar-refractivity contribution in [1.29, 1.82) is 0 Å². The van der Waals surface area contributed by atoms with Crippen molar-refractivity contribution in [2.75, 3.05) is 13.7 Å². The third-order valence-electron chi connectivity index (χ3n) is 3.29. The first-order valence-corrected chi connectivity index (χ1v) is 8.54. The topological polar surface area (TPSA) is 78.6 Å². The van der Waals surface area contributed by atoms with Crippen LogP contribution in [0.3, 0.4) is 0 Å². The zero-order chi connectivity index (χ0) is 16.2. The van der Waals surface area contributed by atoms with Crippen molar-refractivity contribution in [3.05, 3.63) is 23.3 Å². The third kappa shape index (κ3) is 4.98. The van der Waals surface area contributed by atoms with Gasteiger partial charge in [0.1, 0.15) is 5.75 Å². The lowest BCUT2D eigenvalue weighted by molar-refractivity contribution is 0.134. The van der Waals surface area contributed by atoms with Gasteiger partial charge in [0.05, 0.1) is 11.0 Å². The van der Waals surface area contributed by atoms with Gasteiger partial charge < -0.3 is 9.47 Å². The van der Waals surface area contributed by atoms with Gasteiger partial charge in [0, 0.05) is 20.1 Å². The Hall–Kier alpha value is -1.11. The van der Waals surface area contributed by atoms with E-state index in [2.05, 4.69) is 0 Å². The molecule has 6 heteroatoms. The lowest BCUT2D eigenvalue weighted by atomic mass is 10.0. The summed E-state index contributed by atoms with van der Waals surface area (Å²) >= 11 is 0. The Balaban J connectivity index is 3.18. The Labute approximate surface area is 127 Å². The maximum Gasteiger partial charge on any atom is 0.238 e. The summed E-state index contributed by atoms with van der Waals surface area (Å²) in [5, 5.41) is 5.26. The molecule has 0 aliphatic heterocycles. The summed E-state index contributed by atoms with van der Waals surface area (Å²) in [6.07, 6.45) is 0.756. The average molecular weight is 315 g/mol. The van der Waals surface area contributed by atoms with Crippen molar-refractivity contribution in [2.24, 2.45) is 5.14 Å². The van der Waals surface area contributed by atoms with E-state index in [1.807, 2.05) is 20.8 Å². The van der Waals surface area contributed by atoms with Gasteiger partial charge in [-0.2, -0.15) is 0 Å².